The Kier molecular flexibility index (Phi) is 9.07. The largest absolute Gasteiger partial charge is 0.357 e. The summed E-state index contributed by atoms with van der Waals surface area (Å²) in [6.45, 7) is 8.70. The van der Waals surface area contributed by atoms with Crippen LogP contribution in [0.5, 0.6) is 0 Å². The van der Waals surface area contributed by atoms with E-state index in [0.717, 1.165) is 45.1 Å². The molecule has 0 fully saturated rings. The van der Waals surface area contributed by atoms with E-state index in [4.69, 9.17) is 4.52 Å². The molecular formula is C24H32N6O. The maximum Gasteiger partial charge on any atom is 0.223 e. The maximum absolute atomic E-state index is 5.00. The van der Waals surface area contributed by atoms with Gasteiger partial charge < -0.3 is 15.2 Å². The van der Waals surface area contributed by atoms with Crippen molar-refractivity contribution in [3.63, 3.8) is 0 Å². The van der Waals surface area contributed by atoms with E-state index in [1.165, 1.54) is 11.1 Å². The van der Waals surface area contributed by atoms with E-state index >= 15 is 0 Å². The van der Waals surface area contributed by atoms with Gasteiger partial charge in [-0.15, -0.1) is 0 Å². The van der Waals surface area contributed by atoms with Crippen molar-refractivity contribution in [2.45, 2.75) is 39.9 Å². The number of guanidine groups is 1. The lowest BCUT2D eigenvalue weighted by Gasteiger charge is -2.23. The minimum Gasteiger partial charge on any atom is -0.357 e. The summed E-state index contributed by atoms with van der Waals surface area (Å²) in [5.41, 5.74) is 2.66. The zero-order valence-electron chi connectivity index (χ0n) is 18.4. The van der Waals surface area contributed by atoms with E-state index in [-0.39, 0.29) is 0 Å². The molecule has 2 aromatic carbocycles. The molecule has 164 valence electrons. The minimum absolute atomic E-state index is 0.390. The fourth-order valence-corrected chi connectivity index (χ4v) is 3.30. The predicted octanol–water partition coefficient (Wildman–Crippen LogP) is 3.53. The quantitative estimate of drug-likeness (QED) is 0.281. The predicted molar refractivity (Wildman–Crippen MR) is 123 cm³/mol. The molecule has 0 bridgehead atoms. The van der Waals surface area contributed by atoms with Gasteiger partial charge in [-0.3, -0.25) is 4.90 Å². The van der Waals surface area contributed by atoms with Crippen LogP contribution in [0, 0.1) is 6.92 Å². The zero-order chi connectivity index (χ0) is 21.7. The normalized spacial score (nSPS) is 11.6. The average Bonchev–Trinajstić information content (AvgIpc) is 3.21. The van der Waals surface area contributed by atoms with Crippen molar-refractivity contribution in [3.05, 3.63) is 83.5 Å². The summed E-state index contributed by atoms with van der Waals surface area (Å²) in [7, 11) is 0. The van der Waals surface area contributed by atoms with Crippen molar-refractivity contribution in [1.82, 2.24) is 25.7 Å². The van der Waals surface area contributed by atoms with Gasteiger partial charge in [0.05, 0.1) is 0 Å². The topological polar surface area (TPSA) is 78.6 Å². The lowest BCUT2D eigenvalue weighted by atomic mass is 10.1. The van der Waals surface area contributed by atoms with Crippen LogP contribution in [0.2, 0.25) is 0 Å². The molecule has 0 aliphatic carbocycles. The van der Waals surface area contributed by atoms with Crippen molar-refractivity contribution >= 4 is 5.96 Å². The summed E-state index contributed by atoms with van der Waals surface area (Å²) >= 11 is 0. The number of rotatable bonds is 11. The molecule has 0 atom stereocenters. The SMILES string of the molecule is CCNC(=NCc1noc(C)n1)NCCCN(Cc1ccccc1)Cc1ccccc1. The first-order chi connectivity index (χ1) is 15.2. The van der Waals surface area contributed by atoms with Crippen LogP contribution in [0.15, 0.2) is 70.2 Å². The fourth-order valence-electron chi connectivity index (χ4n) is 3.30. The minimum atomic E-state index is 0.390. The number of hydrogen-bond acceptors (Lipinski definition) is 5. The van der Waals surface area contributed by atoms with Gasteiger partial charge >= 0.3 is 0 Å². The Morgan fingerprint density at radius 3 is 2.16 bits per heavy atom. The standard InChI is InChI=1S/C24H32N6O/c1-3-25-24(27-17-23-28-20(2)31-29-23)26-15-10-16-30(18-21-11-6-4-7-12-21)19-22-13-8-5-9-14-22/h4-9,11-14H,3,10,15-19H2,1-2H3,(H2,25,26,27). The highest BCUT2D eigenvalue weighted by Crippen LogP contribution is 2.10. The summed E-state index contributed by atoms with van der Waals surface area (Å²) < 4.78 is 5.00. The van der Waals surface area contributed by atoms with Gasteiger partial charge in [0.2, 0.25) is 5.89 Å². The first kappa shape index (κ1) is 22.5. The molecule has 31 heavy (non-hydrogen) atoms. The molecule has 0 radical (unpaired) electrons. The van der Waals surface area contributed by atoms with Crippen LogP contribution in [0.25, 0.3) is 0 Å². The van der Waals surface area contributed by atoms with Gasteiger partial charge in [-0.2, -0.15) is 4.98 Å². The van der Waals surface area contributed by atoms with E-state index in [0.29, 0.717) is 18.3 Å². The first-order valence-corrected chi connectivity index (χ1v) is 10.8. The molecule has 0 spiro atoms. The van der Waals surface area contributed by atoms with Gasteiger partial charge in [0.1, 0.15) is 6.54 Å². The molecule has 0 aliphatic rings. The fraction of sp³-hybridized carbons (Fsp3) is 0.375. The molecule has 0 unspecified atom stereocenters. The van der Waals surface area contributed by atoms with Gasteiger partial charge in [-0.1, -0.05) is 65.8 Å². The van der Waals surface area contributed by atoms with Gasteiger partial charge in [0, 0.05) is 39.6 Å². The van der Waals surface area contributed by atoms with Crippen LogP contribution >= 0.6 is 0 Å². The number of nitrogens with zero attached hydrogens (tertiary/aromatic N) is 4. The third-order valence-corrected chi connectivity index (χ3v) is 4.73. The number of benzene rings is 2. The highest BCUT2D eigenvalue weighted by atomic mass is 16.5. The van der Waals surface area contributed by atoms with Crippen molar-refractivity contribution in [1.29, 1.82) is 0 Å². The summed E-state index contributed by atoms with van der Waals surface area (Å²) in [5.74, 6) is 1.91. The second-order valence-corrected chi connectivity index (χ2v) is 7.39. The lowest BCUT2D eigenvalue weighted by Crippen LogP contribution is -2.38. The van der Waals surface area contributed by atoms with Crippen LogP contribution < -0.4 is 10.6 Å². The molecule has 7 nitrogen and oxygen atoms in total. The summed E-state index contributed by atoms with van der Waals surface area (Å²) in [6.07, 6.45) is 1.01. The Bertz CT molecular complexity index is 869. The molecule has 3 aromatic rings. The van der Waals surface area contributed by atoms with E-state index in [9.17, 15) is 0 Å². The number of hydrogen-bond donors (Lipinski definition) is 2. The van der Waals surface area contributed by atoms with Crippen LogP contribution in [0.1, 0.15) is 36.2 Å². The van der Waals surface area contributed by atoms with Gasteiger partial charge in [0.25, 0.3) is 0 Å². The molecule has 0 saturated heterocycles. The maximum atomic E-state index is 5.00. The number of aliphatic imine (C=N–C) groups is 1. The molecule has 3 rings (SSSR count). The van der Waals surface area contributed by atoms with Gasteiger partial charge in [-0.25, -0.2) is 4.99 Å². The Morgan fingerprint density at radius 2 is 1.61 bits per heavy atom. The highest BCUT2D eigenvalue weighted by molar-refractivity contribution is 5.79. The van der Waals surface area contributed by atoms with Gasteiger partial charge in [-0.05, 0) is 24.5 Å². The average molecular weight is 421 g/mol. The van der Waals surface area contributed by atoms with E-state index in [1.54, 1.807) is 6.92 Å². The summed E-state index contributed by atoms with van der Waals surface area (Å²) in [4.78, 5) is 11.2. The monoisotopic (exact) mass is 420 g/mol. The molecule has 0 aliphatic heterocycles. The summed E-state index contributed by atoms with van der Waals surface area (Å²) in [6, 6.07) is 21.3. The first-order valence-electron chi connectivity index (χ1n) is 10.8. The molecular weight excluding hydrogens is 388 g/mol. The van der Waals surface area contributed by atoms with Crippen LogP contribution in [0.4, 0.5) is 0 Å². The van der Waals surface area contributed by atoms with E-state index in [1.807, 2.05) is 0 Å². The lowest BCUT2D eigenvalue weighted by molar-refractivity contribution is 0.254. The molecule has 7 heteroatoms. The number of aromatic nitrogens is 2. The second kappa shape index (κ2) is 12.5. The third-order valence-electron chi connectivity index (χ3n) is 4.73. The molecule has 0 amide bonds. The smallest absolute Gasteiger partial charge is 0.223 e. The van der Waals surface area contributed by atoms with E-state index in [2.05, 4.69) is 98.3 Å². The molecule has 1 aromatic heterocycles. The highest BCUT2D eigenvalue weighted by Gasteiger charge is 2.08. The van der Waals surface area contributed by atoms with Gasteiger partial charge in [0.15, 0.2) is 11.8 Å². The molecule has 2 N–H and O–H groups in total. The van der Waals surface area contributed by atoms with Crippen molar-refractivity contribution in [2.24, 2.45) is 4.99 Å². The molecule has 1 heterocycles. The molecule has 0 saturated carbocycles. The van der Waals surface area contributed by atoms with Crippen molar-refractivity contribution in [2.75, 3.05) is 19.6 Å². The Labute approximate surface area is 184 Å². The second-order valence-electron chi connectivity index (χ2n) is 7.39. The van der Waals surface area contributed by atoms with Crippen LogP contribution in [-0.2, 0) is 19.6 Å². The summed E-state index contributed by atoms with van der Waals surface area (Å²) in [5, 5.41) is 10.6. The van der Waals surface area contributed by atoms with Crippen LogP contribution in [-0.4, -0.2) is 40.6 Å². The van der Waals surface area contributed by atoms with Crippen molar-refractivity contribution in [3.8, 4) is 0 Å². The van der Waals surface area contributed by atoms with E-state index < -0.39 is 0 Å². The zero-order valence-corrected chi connectivity index (χ0v) is 18.4. The Morgan fingerprint density at radius 1 is 0.968 bits per heavy atom. The number of aryl methyl sites for hydroxylation is 1. The Balaban J connectivity index is 1.51. The third kappa shape index (κ3) is 8.22. The van der Waals surface area contributed by atoms with Crippen molar-refractivity contribution < 1.29 is 4.52 Å². The number of nitrogens with one attached hydrogen (secondary N) is 2. The van der Waals surface area contributed by atoms with Crippen LogP contribution in [0.3, 0.4) is 0 Å². The Hall–Kier alpha value is -3.19.